The van der Waals surface area contributed by atoms with Gasteiger partial charge in [0, 0.05) is 22.3 Å². The maximum absolute atomic E-state index is 12.2. The van der Waals surface area contributed by atoms with Gasteiger partial charge in [-0.3, -0.25) is 9.59 Å². The van der Waals surface area contributed by atoms with E-state index in [-0.39, 0.29) is 24.1 Å². The third-order valence-corrected chi connectivity index (χ3v) is 6.63. The number of carbonyl (C=O) groups excluding carboxylic acids is 1. The lowest BCUT2D eigenvalue weighted by Crippen LogP contribution is -2.25. The van der Waals surface area contributed by atoms with Crippen molar-refractivity contribution in [2.75, 3.05) is 6.54 Å². The number of aliphatic carboxylic acids is 1. The molecule has 174 valence electrons. The molecule has 6 heteroatoms. The van der Waals surface area contributed by atoms with Gasteiger partial charge in [0.05, 0.1) is 18.1 Å². The number of carboxylic acids is 1. The van der Waals surface area contributed by atoms with Gasteiger partial charge in [-0.2, -0.15) is 5.26 Å². The molecule has 0 heterocycles. The molecule has 0 spiro atoms. The molecule has 3 rings (SSSR count). The van der Waals surface area contributed by atoms with Crippen LogP contribution in [0.5, 0.6) is 0 Å². The van der Waals surface area contributed by atoms with Crippen molar-refractivity contribution in [3.05, 3.63) is 89.5 Å². The van der Waals surface area contributed by atoms with Gasteiger partial charge in [0.1, 0.15) is 0 Å². The molecule has 0 radical (unpaired) electrons. The molecular weight excluding hydrogens is 444 g/mol. The number of amides is 1. The molecule has 0 aliphatic carbocycles. The minimum Gasteiger partial charge on any atom is -0.481 e. The maximum Gasteiger partial charge on any atom is 0.305 e. The summed E-state index contributed by atoms with van der Waals surface area (Å²) in [5.74, 6) is -0.692. The van der Waals surface area contributed by atoms with Crippen LogP contribution in [-0.2, 0) is 4.79 Å². The van der Waals surface area contributed by atoms with E-state index in [0.29, 0.717) is 17.0 Å². The van der Waals surface area contributed by atoms with Gasteiger partial charge in [-0.05, 0) is 65.4 Å². The van der Waals surface area contributed by atoms with Gasteiger partial charge in [-0.15, -0.1) is 11.8 Å². The average molecular weight is 473 g/mol. The number of nitrogens with one attached hydrogen (secondary N) is 1. The molecule has 2 N–H and O–H groups in total. The molecule has 0 saturated carbocycles. The second-order valence-corrected chi connectivity index (χ2v) is 9.75. The molecule has 3 aromatic rings. The van der Waals surface area contributed by atoms with Crippen molar-refractivity contribution < 1.29 is 14.7 Å². The van der Waals surface area contributed by atoms with Crippen molar-refractivity contribution in [3.8, 4) is 17.2 Å². The van der Waals surface area contributed by atoms with Gasteiger partial charge in [0.15, 0.2) is 0 Å². The zero-order valence-corrected chi connectivity index (χ0v) is 20.1. The van der Waals surface area contributed by atoms with Gasteiger partial charge < -0.3 is 10.4 Å². The van der Waals surface area contributed by atoms with Crippen molar-refractivity contribution in [2.45, 2.75) is 36.8 Å². The summed E-state index contributed by atoms with van der Waals surface area (Å²) < 4.78 is 0. The number of thioether (sulfide) groups is 1. The van der Waals surface area contributed by atoms with E-state index in [2.05, 4.69) is 49.5 Å². The highest BCUT2D eigenvalue weighted by molar-refractivity contribution is 7.99. The van der Waals surface area contributed by atoms with Gasteiger partial charge in [0.25, 0.3) is 5.91 Å². The Kier molecular flexibility index (Phi) is 8.89. The van der Waals surface area contributed by atoms with E-state index in [4.69, 9.17) is 10.4 Å². The Morgan fingerprint density at radius 1 is 0.941 bits per heavy atom. The summed E-state index contributed by atoms with van der Waals surface area (Å²) in [7, 11) is 0. The molecular formula is C28H28N2O3S. The topological polar surface area (TPSA) is 90.2 Å². The van der Waals surface area contributed by atoms with Crippen molar-refractivity contribution in [3.63, 3.8) is 0 Å². The molecule has 0 saturated heterocycles. The van der Waals surface area contributed by atoms with E-state index in [1.165, 1.54) is 4.90 Å². The number of hydrogen-bond donors (Lipinski definition) is 2. The van der Waals surface area contributed by atoms with Crippen LogP contribution in [0.1, 0.15) is 53.4 Å². The number of benzene rings is 3. The standard InChI is InChI=1S/C28H28N2O3S/c1-19(2)17-26(23-7-9-24(10-8-23)28(33)30-16-15-27(31)32)34-25-13-11-22(12-14-25)21-5-3-20(18-29)4-6-21/h3-14,19,26H,15-17H2,1-2H3,(H,30,33)(H,31,32). The predicted molar refractivity (Wildman–Crippen MR) is 136 cm³/mol. The van der Waals surface area contributed by atoms with E-state index in [1.54, 1.807) is 23.9 Å². The summed E-state index contributed by atoms with van der Waals surface area (Å²) in [6.07, 6.45) is 0.896. The molecule has 1 unspecified atom stereocenters. The summed E-state index contributed by atoms with van der Waals surface area (Å²) in [6, 6.07) is 25.7. The van der Waals surface area contributed by atoms with Crippen LogP contribution in [0.4, 0.5) is 0 Å². The third kappa shape index (κ3) is 7.23. The van der Waals surface area contributed by atoms with Crippen LogP contribution in [0, 0.1) is 17.2 Å². The number of rotatable bonds is 10. The van der Waals surface area contributed by atoms with Crippen LogP contribution in [0.2, 0.25) is 0 Å². The molecule has 5 nitrogen and oxygen atoms in total. The highest BCUT2D eigenvalue weighted by Crippen LogP contribution is 2.40. The predicted octanol–water partition coefficient (Wildman–Crippen LogP) is 6.31. The van der Waals surface area contributed by atoms with Crippen molar-refractivity contribution in [2.24, 2.45) is 5.92 Å². The first-order valence-corrected chi connectivity index (χ1v) is 12.1. The van der Waals surface area contributed by atoms with Gasteiger partial charge in [-0.25, -0.2) is 0 Å². The van der Waals surface area contributed by atoms with Gasteiger partial charge in [-0.1, -0.05) is 50.2 Å². The zero-order chi connectivity index (χ0) is 24.5. The average Bonchev–Trinajstić information content (AvgIpc) is 2.84. The third-order valence-electron chi connectivity index (χ3n) is 5.33. The lowest BCUT2D eigenvalue weighted by molar-refractivity contribution is -0.136. The summed E-state index contributed by atoms with van der Waals surface area (Å²) in [5.41, 5.74) is 4.50. The minimum atomic E-state index is -0.936. The van der Waals surface area contributed by atoms with Crippen LogP contribution in [0.3, 0.4) is 0 Å². The highest BCUT2D eigenvalue weighted by atomic mass is 32.2. The van der Waals surface area contributed by atoms with Crippen LogP contribution < -0.4 is 5.32 Å². The number of nitrogens with zero attached hydrogens (tertiary/aromatic N) is 1. The summed E-state index contributed by atoms with van der Waals surface area (Å²) >= 11 is 1.80. The lowest BCUT2D eigenvalue weighted by Gasteiger charge is -2.20. The molecule has 0 aliphatic heterocycles. The Balaban J connectivity index is 1.70. The molecule has 34 heavy (non-hydrogen) atoms. The van der Waals surface area contributed by atoms with Crippen LogP contribution in [0.15, 0.2) is 77.7 Å². The van der Waals surface area contributed by atoms with E-state index in [0.717, 1.165) is 23.1 Å². The van der Waals surface area contributed by atoms with Crippen LogP contribution >= 0.6 is 11.8 Å². The number of hydrogen-bond acceptors (Lipinski definition) is 4. The first-order valence-electron chi connectivity index (χ1n) is 11.2. The molecule has 1 atom stereocenters. The lowest BCUT2D eigenvalue weighted by atomic mass is 10.0. The first kappa shape index (κ1) is 25.1. The fraction of sp³-hybridized carbons (Fsp3) is 0.250. The SMILES string of the molecule is CC(C)CC(Sc1ccc(-c2ccc(C#N)cc2)cc1)c1ccc(C(=O)NCCC(=O)O)cc1. The van der Waals surface area contributed by atoms with Crippen LogP contribution in [-0.4, -0.2) is 23.5 Å². The van der Waals surface area contributed by atoms with Crippen molar-refractivity contribution in [1.82, 2.24) is 5.32 Å². The summed E-state index contributed by atoms with van der Waals surface area (Å²) in [6.45, 7) is 4.51. The normalized spacial score (nSPS) is 11.6. The second-order valence-electron chi connectivity index (χ2n) is 8.47. The first-order chi connectivity index (χ1) is 16.4. The zero-order valence-electron chi connectivity index (χ0n) is 19.3. The Bertz CT molecular complexity index is 1150. The number of nitriles is 1. The fourth-order valence-electron chi connectivity index (χ4n) is 3.54. The Labute approximate surface area is 204 Å². The van der Waals surface area contributed by atoms with E-state index >= 15 is 0 Å². The smallest absolute Gasteiger partial charge is 0.305 e. The van der Waals surface area contributed by atoms with E-state index in [1.807, 2.05) is 36.4 Å². The Morgan fingerprint density at radius 3 is 2.06 bits per heavy atom. The van der Waals surface area contributed by atoms with Crippen LogP contribution in [0.25, 0.3) is 11.1 Å². The largest absolute Gasteiger partial charge is 0.481 e. The summed E-state index contributed by atoms with van der Waals surface area (Å²) in [5, 5.41) is 20.6. The van der Waals surface area contributed by atoms with Crippen molar-refractivity contribution >= 4 is 23.6 Å². The Morgan fingerprint density at radius 2 is 1.53 bits per heavy atom. The molecule has 0 fully saturated rings. The monoisotopic (exact) mass is 472 g/mol. The number of carboxylic acid groups (broad SMARTS) is 1. The molecule has 0 aromatic heterocycles. The summed E-state index contributed by atoms with van der Waals surface area (Å²) in [4.78, 5) is 24.0. The molecule has 1 amide bonds. The molecule has 3 aromatic carbocycles. The maximum atomic E-state index is 12.2. The fourth-order valence-corrected chi connectivity index (χ4v) is 4.94. The van der Waals surface area contributed by atoms with E-state index in [9.17, 15) is 9.59 Å². The second kappa shape index (κ2) is 12.1. The molecule has 0 bridgehead atoms. The molecule has 0 aliphatic rings. The van der Waals surface area contributed by atoms with Crippen molar-refractivity contribution in [1.29, 1.82) is 5.26 Å². The highest BCUT2D eigenvalue weighted by Gasteiger charge is 2.16. The minimum absolute atomic E-state index is 0.0963. The quantitative estimate of drug-likeness (QED) is 0.338. The van der Waals surface area contributed by atoms with E-state index < -0.39 is 5.97 Å². The number of carbonyl (C=O) groups is 2. The Hall–Kier alpha value is -3.56. The van der Waals surface area contributed by atoms with Gasteiger partial charge in [0.2, 0.25) is 0 Å². The van der Waals surface area contributed by atoms with Gasteiger partial charge >= 0.3 is 5.97 Å².